The van der Waals surface area contributed by atoms with Crippen molar-refractivity contribution in [2.45, 2.75) is 26.2 Å². The molecule has 0 radical (unpaired) electrons. The van der Waals surface area contributed by atoms with Gasteiger partial charge in [0, 0.05) is 0 Å². The molecular formula is C9H12N4. The van der Waals surface area contributed by atoms with Crippen LogP contribution in [0.4, 0.5) is 0 Å². The third kappa shape index (κ3) is 1.52. The highest BCUT2D eigenvalue weighted by Crippen LogP contribution is 2.12. The van der Waals surface area contributed by atoms with Crippen molar-refractivity contribution in [3.05, 3.63) is 18.2 Å². The normalized spacial score (nSPS) is 10.8. The zero-order valence-electron chi connectivity index (χ0n) is 7.62. The van der Waals surface area contributed by atoms with E-state index < -0.39 is 0 Å². The highest BCUT2D eigenvalue weighted by atomic mass is 15.1. The lowest BCUT2D eigenvalue weighted by atomic mass is 10.2. The average Bonchev–Trinajstić information content (AvgIpc) is 2.62. The first kappa shape index (κ1) is 8.16. The van der Waals surface area contributed by atoms with Gasteiger partial charge in [0.15, 0.2) is 0 Å². The molecule has 4 nitrogen and oxygen atoms in total. The van der Waals surface area contributed by atoms with Crippen LogP contribution in [-0.4, -0.2) is 20.2 Å². The second kappa shape index (κ2) is 3.51. The number of fused-ring (bicyclic) bond motifs is 1. The van der Waals surface area contributed by atoms with Crippen molar-refractivity contribution in [3.8, 4) is 0 Å². The molecule has 2 aromatic rings. The molecule has 2 aromatic heterocycles. The van der Waals surface area contributed by atoms with Gasteiger partial charge in [-0.05, 0) is 12.8 Å². The quantitative estimate of drug-likeness (QED) is 0.774. The average molecular weight is 176 g/mol. The summed E-state index contributed by atoms with van der Waals surface area (Å²) in [5.41, 5.74) is 2.94. The summed E-state index contributed by atoms with van der Waals surface area (Å²) in [6.45, 7) is 2.16. The molecule has 0 fully saturated rings. The van der Waals surface area contributed by atoms with Crippen LogP contribution in [0.15, 0.2) is 12.5 Å². The van der Waals surface area contributed by atoms with E-state index in [2.05, 4.69) is 27.1 Å². The SMILES string of the molecule is CCCCc1nncc2[nH]cnc12. The molecule has 0 aliphatic heterocycles. The molecule has 0 atom stereocenters. The lowest BCUT2D eigenvalue weighted by Gasteiger charge is -1.97. The molecule has 0 bridgehead atoms. The van der Waals surface area contributed by atoms with E-state index in [1.54, 1.807) is 12.5 Å². The highest BCUT2D eigenvalue weighted by molar-refractivity contribution is 5.75. The molecule has 0 unspecified atom stereocenters. The van der Waals surface area contributed by atoms with Crippen LogP contribution in [0.5, 0.6) is 0 Å². The molecule has 0 spiro atoms. The minimum Gasteiger partial charge on any atom is -0.343 e. The summed E-state index contributed by atoms with van der Waals surface area (Å²) in [4.78, 5) is 7.24. The topological polar surface area (TPSA) is 54.5 Å². The van der Waals surface area contributed by atoms with Gasteiger partial charge in [0.1, 0.15) is 5.52 Å². The second-order valence-corrected chi connectivity index (χ2v) is 3.06. The smallest absolute Gasteiger partial charge is 0.113 e. The lowest BCUT2D eigenvalue weighted by molar-refractivity contribution is 0.765. The first-order valence-corrected chi connectivity index (χ1v) is 4.55. The summed E-state index contributed by atoms with van der Waals surface area (Å²) in [5.74, 6) is 0. The predicted octanol–water partition coefficient (Wildman–Crippen LogP) is 1.70. The van der Waals surface area contributed by atoms with Gasteiger partial charge in [-0.15, -0.1) is 0 Å². The van der Waals surface area contributed by atoms with Gasteiger partial charge in [-0.2, -0.15) is 10.2 Å². The zero-order chi connectivity index (χ0) is 9.10. The largest absolute Gasteiger partial charge is 0.343 e. The van der Waals surface area contributed by atoms with Gasteiger partial charge in [0.05, 0.1) is 23.7 Å². The summed E-state index contributed by atoms with van der Waals surface area (Å²) in [6, 6.07) is 0. The van der Waals surface area contributed by atoms with E-state index in [9.17, 15) is 0 Å². The summed E-state index contributed by atoms with van der Waals surface area (Å²) in [5, 5.41) is 8.00. The van der Waals surface area contributed by atoms with Crippen LogP contribution >= 0.6 is 0 Å². The van der Waals surface area contributed by atoms with E-state index >= 15 is 0 Å². The number of aryl methyl sites for hydroxylation is 1. The third-order valence-electron chi connectivity index (χ3n) is 2.07. The van der Waals surface area contributed by atoms with E-state index in [1.165, 1.54) is 6.42 Å². The van der Waals surface area contributed by atoms with Gasteiger partial charge < -0.3 is 4.98 Å². The zero-order valence-corrected chi connectivity index (χ0v) is 7.62. The van der Waals surface area contributed by atoms with Gasteiger partial charge in [0.25, 0.3) is 0 Å². The van der Waals surface area contributed by atoms with Crippen molar-refractivity contribution in [1.82, 2.24) is 20.2 Å². The Hall–Kier alpha value is -1.45. The number of hydrogen-bond acceptors (Lipinski definition) is 3. The fourth-order valence-corrected chi connectivity index (χ4v) is 1.35. The minimum atomic E-state index is 0.962. The fraction of sp³-hybridized carbons (Fsp3) is 0.444. The number of hydrogen-bond donors (Lipinski definition) is 1. The van der Waals surface area contributed by atoms with E-state index in [0.29, 0.717) is 0 Å². The molecule has 4 heteroatoms. The Labute approximate surface area is 76.4 Å². The number of imidazole rings is 1. The van der Waals surface area contributed by atoms with Gasteiger partial charge in [-0.1, -0.05) is 13.3 Å². The number of nitrogens with one attached hydrogen (secondary N) is 1. The first-order valence-electron chi connectivity index (χ1n) is 4.55. The number of nitrogens with zero attached hydrogens (tertiary/aromatic N) is 3. The van der Waals surface area contributed by atoms with Gasteiger partial charge >= 0.3 is 0 Å². The summed E-state index contributed by atoms with van der Waals surface area (Å²) in [6.07, 6.45) is 6.66. The summed E-state index contributed by atoms with van der Waals surface area (Å²) < 4.78 is 0. The molecule has 2 rings (SSSR count). The molecule has 0 aliphatic rings. The summed E-state index contributed by atoms with van der Waals surface area (Å²) >= 11 is 0. The van der Waals surface area contributed by atoms with Crippen LogP contribution in [-0.2, 0) is 6.42 Å². The van der Waals surface area contributed by atoms with Crippen LogP contribution < -0.4 is 0 Å². The van der Waals surface area contributed by atoms with Crippen molar-refractivity contribution in [1.29, 1.82) is 0 Å². The van der Waals surface area contributed by atoms with Crippen molar-refractivity contribution in [2.75, 3.05) is 0 Å². The molecule has 13 heavy (non-hydrogen) atoms. The van der Waals surface area contributed by atoms with E-state index in [4.69, 9.17) is 0 Å². The number of aromatic amines is 1. The Bertz CT molecular complexity index is 393. The lowest BCUT2D eigenvalue weighted by Crippen LogP contribution is -1.94. The predicted molar refractivity (Wildman–Crippen MR) is 50.3 cm³/mol. The van der Waals surface area contributed by atoms with Crippen molar-refractivity contribution in [3.63, 3.8) is 0 Å². The maximum atomic E-state index is 4.21. The Morgan fingerprint density at radius 1 is 1.46 bits per heavy atom. The van der Waals surface area contributed by atoms with Crippen molar-refractivity contribution in [2.24, 2.45) is 0 Å². The van der Waals surface area contributed by atoms with E-state index in [-0.39, 0.29) is 0 Å². The van der Waals surface area contributed by atoms with Crippen molar-refractivity contribution >= 4 is 11.0 Å². The highest BCUT2D eigenvalue weighted by Gasteiger charge is 2.04. The Kier molecular flexibility index (Phi) is 2.21. The van der Waals surface area contributed by atoms with E-state index in [1.807, 2.05) is 0 Å². The van der Waals surface area contributed by atoms with Crippen LogP contribution in [0.25, 0.3) is 11.0 Å². The van der Waals surface area contributed by atoms with Crippen molar-refractivity contribution < 1.29 is 0 Å². The Balaban J connectivity index is 2.37. The van der Waals surface area contributed by atoms with Crippen LogP contribution in [0, 0.1) is 0 Å². The standard InChI is InChI=1S/C9H12N4/c1-2-3-4-7-9-8(5-12-13-7)10-6-11-9/h5-6H,2-4H2,1H3,(H,10,11). The van der Waals surface area contributed by atoms with Crippen LogP contribution in [0.2, 0.25) is 0 Å². The maximum Gasteiger partial charge on any atom is 0.113 e. The third-order valence-corrected chi connectivity index (χ3v) is 2.07. The molecular weight excluding hydrogens is 164 g/mol. The molecule has 2 heterocycles. The molecule has 1 N–H and O–H groups in total. The number of unbranched alkanes of at least 4 members (excludes halogenated alkanes) is 1. The maximum absolute atomic E-state index is 4.21. The van der Waals surface area contributed by atoms with Gasteiger partial charge in [-0.25, -0.2) is 4.98 Å². The van der Waals surface area contributed by atoms with Gasteiger partial charge in [-0.3, -0.25) is 0 Å². The van der Waals surface area contributed by atoms with Crippen LogP contribution in [0.3, 0.4) is 0 Å². The second-order valence-electron chi connectivity index (χ2n) is 3.06. The first-order chi connectivity index (χ1) is 6.42. The number of rotatable bonds is 3. The molecule has 0 aromatic carbocycles. The van der Waals surface area contributed by atoms with Gasteiger partial charge in [0.2, 0.25) is 0 Å². The molecule has 68 valence electrons. The monoisotopic (exact) mass is 176 g/mol. The molecule has 0 aliphatic carbocycles. The number of aromatic nitrogens is 4. The molecule has 0 saturated heterocycles. The Morgan fingerprint density at radius 2 is 2.38 bits per heavy atom. The Morgan fingerprint density at radius 3 is 3.23 bits per heavy atom. The number of H-pyrrole nitrogens is 1. The molecule has 0 amide bonds. The minimum absolute atomic E-state index is 0.962. The fourth-order valence-electron chi connectivity index (χ4n) is 1.35. The summed E-state index contributed by atoms with van der Waals surface area (Å²) in [7, 11) is 0. The molecule has 0 saturated carbocycles. The van der Waals surface area contributed by atoms with E-state index in [0.717, 1.165) is 29.6 Å². The van der Waals surface area contributed by atoms with Crippen LogP contribution in [0.1, 0.15) is 25.5 Å².